The van der Waals surface area contributed by atoms with Gasteiger partial charge >= 0.3 is 0 Å². The second kappa shape index (κ2) is 6.19. The fourth-order valence-electron chi connectivity index (χ4n) is 1.28. The lowest BCUT2D eigenvalue weighted by Crippen LogP contribution is -2.28. The van der Waals surface area contributed by atoms with Crippen molar-refractivity contribution in [1.82, 2.24) is 9.29 Å². The van der Waals surface area contributed by atoms with Crippen molar-refractivity contribution in [2.75, 3.05) is 13.6 Å². The molecule has 0 spiro atoms. The zero-order valence-electron chi connectivity index (χ0n) is 10.5. The predicted molar refractivity (Wildman–Crippen MR) is 73.5 cm³/mol. The first-order valence-electron chi connectivity index (χ1n) is 5.52. The predicted octanol–water partition coefficient (Wildman–Crippen LogP) is 3.06. The molecule has 0 unspecified atom stereocenters. The molecular weight excluding hydrogens is 295 g/mol. The van der Waals surface area contributed by atoms with Gasteiger partial charge in [0.1, 0.15) is 10.0 Å². The Hall–Kier alpha value is -0.360. The van der Waals surface area contributed by atoms with Gasteiger partial charge in [-0.05, 0) is 18.4 Å². The monoisotopic (exact) mass is 310 g/mol. The fraction of sp³-hybridized carbons (Fsp3) is 0.545. The Morgan fingerprint density at radius 1 is 1.39 bits per heavy atom. The minimum Gasteiger partial charge on any atom is -0.242 e. The molecule has 0 aliphatic carbocycles. The lowest BCUT2D eigenvalue weighted by atomic mass is 10.1. The minimum atomic E-state index is -3.55. The van der Waals surface area contributed by atoms with Crippen LogP contribution in [0.2, 0.25) is 10.2 Å². The zero-order valence-corrected chi connectivity index (χ0v) is 12.8. The third-order valence-corrected chi connectivity index (χ3v) is 5.01. The lowest BCUT2D eigenvalue weighted by Gasteiger charge is -2.18. The molecule has 0 saturated carbocycles. The average molecular weight is 311 g/mol. The molecule has 1 heterocycles. The molecule has 7 heteroatoms. The maximum absolute atomic E-state index is 12.2. The Kier molecular flexibility index (Phi) is 5.40. The van der Waals surface area contributed by atoms with Gasteiger partial charge in [0, 0.05) is 19.8 Å². The third kappa shape index (κ3) is 3.82. The van der Waals surface area contributed by atoms with E-state index in [1.165, 1.54) is 16.6 Å². The number of sulfonamides is 1. The van der Waals surface area contributed by atoms with Crippen molar-refractivity contribution in [3.8, 4) is 0 Å². The molecule has 18 heavy (non-hydrogen) atoms. The standard InChI is InChI=1S/C11H16Cl2N2O2S/c1-8(2)4-5-15(3)18(16,17)9-6-10(12)11(13)14-7-9/h6-8H,4-5H2,1-3H3. The molecule has 0 aromatic carbocycles. The molecule has 0 radical (unpaired) electrons. The third-order valence-electron chi connectivity index (χ3n) is 2.50. The van der Waals surface area contributed by atoms with Gasteiger partial charge in [0.2, 0.25) is 10.0 Å². The van der Waals surface area contributed by atoms with E-state index < -0.39 is 10.0 Å². The number of aromatic nitrogens is 1. The van der Waals surface area contributed by atoms with Gasteiger partial charge in [-0.3, -0.25) is 0 Å². The molecule has 4 nitrogen and oxygen atoms in total. The van der Waals surface area contributed by atoms with E-state index in [0.717, 1.165) is 6.42 Å². The van der Waals surface area contributed by atoms with Gasteiger partial charge in [-0.1, -0.05) is 37.0 Å². The fourth-order valence-corrected chi connectivity index (χ4v) is 2.78. The molecule has 0 aliphatic rings. The Morgan fingerprint density at radius 3 is 2.50 bits per heavy atom. The van der Waals surface area contributed by atoms with Crippen LogP contribution in [0, 0.1) is 5.92 Å². The lowest BCUT2D eigenvalue weighted by molar-refractivity contribution is 0.428. The molecule has 0 saturated heterocycles. The first-order valence-corrected chi connectivity index (χ1v) is 7.72. The Morgan fingerprint density at radius 2 is 2.00 bits per heavy atom. The molecule has 1 aromatic rings. The summed E-state index contributed by atoms with van der Waals surface area (Å²) in [7, 11) is -2.00. The summed E-state index contributed by atoms with van der Waals surface area (Å²) >= 11 is 11.4. The number of hydrogen-bond donors (Lipinski definition) is 0. The van der Waals surface area contributed by atoms with Gasteiger partial charge in [-0.15, -0.1) is 0 Å². The summed E-state index contributed by atoms with van der Waals surface area (Å²) < 4.78 is 25.7. The number of nitrogens with zero attached hydrogens (tertiary/aromatic N) is 2. The van der Waals surface area contributed by atoms with Crippen LogP contribution in [-0.2, 0) is 10.0 Å². The summed E-state index contributed by atoms with van der Waals surface area (Å²) in [6.07, 6.45) is 2.01. The van der Waals surface area contributed by atoms with E-state index in [1.807, 2.05) is 13.8 Å². The van der Waals surface area contributed by atoms with Crippen molar-refractivity contribution in [3.63, 3.8) is 0 Å². The van der Waals surface area contributed by atoms with Crippen molar-refractivity contribution < 1.29 is 8.42 Å². The van der Waals surface area contributed by atoms with Crippen LogP contribution >= 0.6 is 23.2 Å². The van der Waals surface area contributed by atoms with Crippen molar-refractivity contribution in [2.24, 2.45) is 5.92 Å². The highest BCUT2D eigenvalue weighted by Crippen LogP contribution is 2.23. The Labute approximate surface area is 118 Å². The minimum absolute atomic E-state index is 0.0585. The molecule has 0 atom stereocenters. The van der Waals surface area contributed by atoms with Crippen LogP contribution in [0.1, 0.15) is 20.3 Å². The van der Waals surface area contributed by atoms with Crippen molar-refractivity contribution in [1.29, 1.82) is 0 Å². The van der Waals surface area contributed by atoms with Crippen LogP contribution in [-0.4, -0.2) is 31.3 Å². The summed E-state index contributed by atoms with van der Waals surface area (Å²) in [4.78, 5) is 3.81. The Bertz CT molecular complexity index is 518. The van der Waals surface area contributed by atoms with Crippen LogP contribution in [0.5, 0.6) is 0 Å². The molecular formula is C11H16Cl2N2O2S. The first-order chi connectivity index (χ1) is 8.25. The zero-order chi connectivity index (χ0) is 13.9. The van der Waals surface area contributed by atoms with Crippen molar-refractivity contribution in [3.05, 3.63) is 22.4 Å². The second-order valence-corrected chi connectivity index (χ2v) is 7.26. The quantitative estimate of drug-likeness (QED) is 0.785. The largest absolute Gasteiger partial charge is 0.244 e. The average Bonchev–Trinajstić information content (AvgIpc) is 2.29. The van der Waals surface area contributed by atoms with Crippen LogP contribution in [0.25, 0.3) is 0 Å². The normalized spacial score (nSPS) is 12.4. The van der Waals surface area contributed by atoms with Crippen LogP contribution < -0.4 is 0 Å². The SMILES string of the molecule is CC(C)CCN(C)S(=O)(=O)c1cnc(Cl)c(Cl)c1. The highest BCUT2D eigenvalue weighted by atomic mass is 35.5. The molecule has 0 bridgehead atoms. The van der Waals surface area contributed by atoms with Crippen LogP contribution in [0.3, 0.4) is 0 Å². The number of hydrogen-bond acceptors (Lipinski definition) is 3. The second-order valence-electron chi connectivity index (χ2n) is 4.45. The molecule has 0 amide bonds. The molecule has 0 N–H and O–H groups in total. The van der Waals surface area contributed by atoms with E-state index in [0.29, 0.717) is 12.5 Å². The highest BCUT2D eigenvalue weighted by molar-refractivity contribution is 7.89. The highest BCUT2D eigenvalue weighted by Gasteiger charge is 2.22. The number of halogens is 2. The summed E-state index contributed by atoms with van der Waals surface area (Å²) in [6.45, 7) is 4.54. The van der Waals surface area contributed by atoms with Gasteiger partial charge in [-0.25, -0.2) is 17.7 Å². The topological polar surface area (TPSA) is 50.3 Å². The van der Waals surface area contributed by atoms with Gasteiger partial charge in [0.05, 0.1) is 5.02 Å². The number of pyridine rings is 1. The van der Waals surface area contributed by atoms with Crippen molar-refractivity contribution >= 4 is 33.2 Å². The van der Waals surface area contributed by atoms with E-state index in [4.69, 9.17) is 23.2 Å². The van der Waals surface area contributed by atoms with E-state index >= 15 is 0 Å². The smallest absolute Gasteiger partial charge is 0.242 e. The molecule has 1 rings (SSSR count). The van der Waals surface area contributed by atoms with Gasteiger partial charge in [0.25, 0.3) is 0 Å². The van der Waals surface area contributed by atoms with E-state index in [-0.39, 0.29) is 15.1 Å². The first kappa shape index (κ1) is 15.7. The van der Waals surface area contributed by atoms with E-state index in [1.54, 1.807) is 7.05 Å². The molecule has 0 fully saturated rings. The summed E-state index contributed by atoms with van der Waals surface area (Å²) in [5.74, 6) is 0.439. The molecule has 102 valence electrons. The van der Waals surface area contributed by atoms with Crippen molar-refractivity contribution in [2.45, 2.75) is 25.2 Å². The van der Waals surface area contributed by atoms with E-state index in [9.17, 15) is 8.42 Å². The maximum atomic E-state index is 12.2. The van der Waals surface area contributed by atoms with Gasteiger partial charge in [0.15, 0.2) is 0 Å². The Balaban J connectivity index is 2.95. The summed E-state index contributed by atoms with van der Waals surface area (Å²) in [6, 6.07) is 1.32. The van der Waals surface area contributed by atoms with Crippen LogP contribution in [0.4, 0.5) is 0 Å². The van der Waals surface area contributed by atoms with E-state index in [2.05, 4.69) is 4.98 Å². The molecule has 1 aromatic heterocycles. The molecule has 0 aliphatic heterocycles. The summed E-state index contributed by atoms with van der Waals surface area (Å²) in [5.41, 5.74) is 0. The summed E-state index contributed by atoms with van der Waals surface area (Å²) in [5, 5.41) is 0.232. The van der Waals surface area contributed by atoms with Crippen LogP contribution in [0.15, 0.2) is 17.2 Å². The number of rotatable bonds is 5. The maximum Gasteiger partial charge on any atom is 0.244 e. The van der Waals surface area contributed by atoms with Gasteiger partial charge in [-0.2, -0.15) is 0 Å². The van der Waals surface area contributed by atoms with Gasteiger partial charge < -0.3 is 0 Å².